The number of carboxylic acids is 2. The van der Waals surface area contributed by atoms with Crippen molar-refractivity contribution in [3.05, 3.63) is 48.0 Å². The van der Waals surface area contributed by atoms with E-state index in [4.69, 9.17) is 24.5 Å². The standard InChI is InChI=1S/C25H36N2O.C2H2O4/c1-4-14-27(15-5-1)16-13-26-20-21(19-24-11-7-17-28-24)18-23-10-6-9-22-8-2-3-12-25(22)23;3-1(4)2(5)6/h2-3,6,8-10,12,21,24,26H,1,4-5,7,11,13-20H2;(H,3,4)(H,5,6)/p-1. The highest BCUT2D eigenvalue weighted by Gasteiger charge is 2.21. The minimum Gasteiger partial charge on any atom is -0.539 e. The molecule has 0 spiro atoms. The van der Waals surface area contributed by atoms with Crippen LogP contribution in [-0.2, 0) is 20.7 Å². The lowest BCUT2D eigenvalue weighted by molar-refractivity contribution is -0.303. The molecule has 2 aromatic rings. The number of rotatable bonds is 9. The minimum atomic E-state index is -2.07. The van der Waals surface area contributed by atoms with Crippen molar-refractivity contribution in [3.63, 3.8) is 0 Å². The molecule has 2 saturated heterocycles. The van der Waals surface area contributed by atoms with E-state index in [9.17, 15) is 0 Å². The number of hydrogen-bond acceptors (Lipinski definition) is 6. The van der Waals surface area contributed by atoms with E-state index in [-0.39, 0.29) is 0 Å². The van der Waals surface area contributed by atoms with Crippen LogP contribution in [0.3, 0.4) is 0 Å². The first kappa shape index (κ1) is 26.1. The van der Waals surface area contributed by atoms with Crippen LogP contribution in [0.5, 0.6) is 0 Å². The Morgan fingerprint density at radius 3 is 2.53 bits per heavy atom. The van der Waals surface area contributed by atoms with Gasteiger partial charge in [0.05, 0.1) is 6.10 Å². The molecule has 0 saturated carbocycles. The van der Waals surface area contributed by atoms with Gasteiger partial charge in [-0.1, -0.05) is 48.9 Å². The summed E-state index contributed by atoms with van der Waals surface area (Å²) in [5.74, 6) is -3.37. The summed E-state index contributed by atoms with van der Waals surface area (Å²) in [4.78, 5) is 20.6. The Morgan fingerprint density at radius 1 is 1.09 bits per heavy atom. The van der Waals surface area contributed by atoms with Gasteiger partial charge in [-0.2, -0.15) is 0 Å². The average molecular weight is 470 g/mol. The van der Waals surface area contributed by atoms with Gasteiger partial charge in [-0.05, 0) is 80.4 Å². The van der Waals surface area contributed by atoms with E-state index in [2.05, 4.69) is 52.7 Å². The number of carboxylic acid groups (broad SMARTS) is 2. The summed E-state index contributed by atoms with van der Waals surface area (Å²) in [6.45, 7) is 6.93. The number of nitrogens with one attached hydrogen (secondary N) is 1. The van der Waals surface area contributed by atoms with Gasteiger partial charge in [0.25, 0.3) is 0 Å². The zero-order valence-corrected chi connectivity index (χ0v) is 19.9. The summed E-state index contributed by atoms with van der Waals surface area (Å²) < 4.78 is 5.97. The second-order valence-electron chi connectivity index (χ2n) is 9.28. The maximum absolute atomic E-state index is 9.04. The number of benzene rings is 2. The molecule has 34 heavy (non-hydrogen) atoms. The van der Waals surface area contributed by atoms with Gasteiger partial charge in [-0.25, -0.2) is 4.79 Å². The van der Waals surface area contributed by atoms with E-state index in [1.807, 2.05) is 0 Å². The van der Waals surface area contributed by atoms with E-state index in [0.717, 1.165) is 26.1 Å². The van der Waals surface area contributed by atoms with Gasteiger partial charge in [-0.15, -0.1) is 0 Å². The molecule has 2 aromatic carbocycles. The second-order valence-corrected chi connectivity index (χ2v) is 9.28. The molecule has 4 rings (SSSR count). The molecule has 186 valence electrons. The largest absolute Gasteiger partial charge is 0.539 e. The smallest absolute Gasteiger partial charge is 0.351 e. The highest BCUT2D eigenvalue weighted by molar-refractivity contribution is 6.26. The van der Waals surface area contributed by atoms with Crippen molar-refractivity contribution in [2.24, 2.45) is 5.92 Å². The van der Waals surface area contributed by atoms with Gasteiger partial charge >= 0.3 is 5.97 Å². The Balaban J connectivity index is 0.000000481. The molecule has 2 N–H and O–H groups in total. The highest BCUT2D eigenvalue weighted by atomic mass is 16.5. The fourth-order valence-corrected chi connectivity index (χ4v) is 4.95. The van der Waals surface area contributed by atoms with Gasteiger partial charge in [0, 0.05) is 19.7 Å². The van der Waals surface area contributed by atoms with Crippen molar-refractivity contribution < 1.29 is 24.5 Å². The van der Waals surface area contributed by atoms with E-state index in [1.54, 1.807) is 0 Å². The monoisotopic (exact) mass is 469 g/mol. The number of ether oxygens (including phenoxy) is 1. The quantitative estimate of drug-likeness (QED) is 0.430. The Hall–Kier alpha value is -2.48. The van der Waals surface area contributed by atoms with Crippen molar-refractivity contribution in [1.29, 1.82) is 0 Å². The van der Waals surface area contributed by atoms with Crippen molar-refractivity contribution in [1.82, 2.24) is 10.2 Å². The van der Waals surface area contributed by atoms with Crippen LogP contribution in [0, 0.1) is 5.92 Å². The third kappa shape index (κ3) is 8.70. The SMILES string of the molecule is O=C([O-])C(=O)O.c1ccc2c(CC(CNCCN3CCCCC3)CC3CCCO3)cccc2c1. The van der Waals surface area contributed by atoms with Crippen molar-refractivity contribution in [3.8, 4) is 0 Å². The van der Waals surface area contributed by atoms with E-state index < -0.39 is 11.9 Å². The molecule has 0 radical (unpaired) electrons. The molecule has 2 aliphatic rings. The first-order valence-corrected chi connectivity index (χ1v) is 12.5. The predicted molar refractivity (Wildman–Crippen MR) is 131 cm³/mol. The first-order valence-electron chi connectivity index (χ1n) is 12.5. The lowest BCUT2D eigenvalue weighted by atomic mass is 9.90. The molecule has 2 heterocycles. The van der Waals surface area contributed by atoms with Crippen molar-refractivity contribution >= 4 is 22.7 Å². The number of piperidine rings is 1. The van der Waals surface area contributed by atoms with Gasteiger partial charge in [0.15, 0.2) is 5.97 Å². The van der Waals surface area contributed by atoms with E-state index >= 15 is 0 Å². The van der Waals surface area contributed by atoms with Crippen LogP contribution in [0.1, 0.15) is 44.1 Å². The highest BCUT2D eigenvalue weighted by Crippen LogP contribution is 2.26. The molecule has 0 bridgehead atoms. The minimum absolute atomic E-state index is 0.462. The zero-order chi connectivity index (χ0) is 24.2. The van der Waals surface area contributed by atoms with Crippen LogP contribution in [0.2, 0.25) is 0 Å². The molecule has 2 aliphatic heterocycles. The lowest BCUT2D eigenvalue weighted by Gasteiger charge is -2.27. The average Bonchev–Trinajstić information content (AvgIpc) is 3.36. The number of hydrogen-bond donors (Lipinski definition) is 2. The lowest BCUT2D eigenvalue weighted by Crippen LogP contribution is -2.37. The Bertz CT molecular complexity index is 890. The van der Waals surface area contributed by atoms with Crippen LogP contribution in [0.25, 0.3) is 10.8 Å². The molecule has 2 unspecified atom stereocenters. The summed E-state index contributed by atoms with van der Waals surface area (Å²) in [5.41, 5.74) is 1.49. The van der Waals surface area contributed by atoms with Gasteiger partial charge in [0.1, 0.15) is 0 Å². The molecule has 2 fully saturated rings. The molecule has 0 aliphatic carbocycles. The van der Waals surface area contributed by atoms with E-state index in [0.29, 0.717) is 12.0 Å². The van der Waals surface area contributed by atoms with Crippen LogP contribution < -0.4 is 10.4 Å². The summed E-state index contributed by atoms with van der Waals surface area (Å²) in [6, 6.07) is 15.6. The third-order valence-corrected chi connectivity index (χ3v) is 6.67. The van der Waals surface area contributed by atoms with Gasteiger partial charge in [0.2, 0.25) is 0 Å². The molecule has 7 nitrogen and oxygen atoms in total. The predicted octanol–water partition coefficient (Wildman–Crippen LogP) is 2.46. The fourth-order valence-electron chi connectivity index (χ4n) is 4.95. The van der Waals surface area contributed by atoms with Gasteiger partial charge < -0.3 is 30.0 Å². The van der Waals surface area contributed by atoms with Crippen LogP contribution >= 0.6 is 0 Å². The molecule has 0 aromatic heterocycles. The molecule has 7 heteroatoms. The molecular weight excluding hydrogens is 432 g/mol. The van der Waals surface area contributed by atoms with Crippen LogP contribution in [0.15, 0.2) is 42.5 Å². The topological polar surface area (TPSA) is 102 Å². The number of carbonyl (C=O) groups is 2. The zero-order valence-electron chi connectivity index (χ0n) is 19.9. The van der Waals surface area contributed by atoms with Crippen molar-refractivity contribution in [2.45, 2.75) is 51.0 Å². The first-order chi connectivity index (χ1) is 16.5. The summed E-state index contributed by atoms with van der Waals surface area (Å²) >= 11 is 0. The number of likely N-dealkylation sites (tertiary alicyclic amines) is 1. The number of carbonyl (C=O) groups excluding carboxylic acids is 1. The van der Waals surface area contributed by atoms with Crippen LogP contribution in [0.4, 0.5) is 0 Å². The molecular formula is C27H37N2O5-. The normalized spacial score (nSPS) is 19.4. The molecule has 2 atom stereocenters. The summed E-state index contributed by atoms with van der Waals surface area (Å²) in [5, 5.41) is 22.9. The number of fused-ring (bicyclic) bond motifs is 1. The Labute approximate surface area is 202 Å². The fraction of sp³-hybridized carbons (Fsp3) is 0.556. The second kappa shape index (κ2) is 14.0. The number of aliphatic carboxylic acids is 2. The Morgan fingerprint density at radius 2 is 1.82 bits per heavy atom. The molecule has 0 amide bonds. The maximum Gasteiger partial charge on any atom is 0.351 e. The van der Waals surface area contributed by atoms with E-state index in [1.165, 1.54) is 74.5 Å². The van der Waals surface area contributed by atoms with Gasteiger partial charge in [-0.3, -0.25) is 0 Å². The third-order valence-electron chi connectivity index (χ3n) is 6.67. The maximum atomic E-state index is 9.04. The van der Waals surface area contributed by atoms with Crippen LogP contribution in [-0.4, -0.2) is 67.4 Å². The Kier molecular flexibility index (Phi) is 10.8. The van der Waals surface area contributed by atoms with Crippen molar-refractivity contribution in [2.75, 3.05) is 39.3 Å². The summed E-state index contributed by atoms with van der Waals surface area (Å²) in [7, 11) is 0. The number of nitrogens with zero attached hydrogens (tertiary/aromatic N) is 1. The summed E-state index contributed by atoms with van der Waals surface area (Å²) in [6.07, 6.45) is 9.42.